The van der Waals surface area contributed by atoms with E-state index in [2.05, 4.69) is 11.8 Å². The fourth-order valence-electron chi connectivity index (χ4n) is 5.07. The van der Waals surface area contributed by atoms with E-state index in [1.165, 1.54) is 6.42 Å². The van der Waals surface area contributed by atoms with Crippen LogP contribution >= 0.6 is 0 Å². The summed E-state index contributed by atoms with van der Waals surface area (Å²) >= 11 is 0. The summed E-state index contributed by atoms with van der Waals surface area (Å²) in [6, 6.07) is 12.7. The topological polar surface area (TPSA) is 136 Å². The number of rotatable bonds is 10. The number of guanidine groups is 1. The van der Waals surface area contributed by atoms with Crippen LogP contribution in [0, 0.1) is 10.8 Å². The smallest absolute Gasteiger partial charge is 0.349 e. The van der Waals surface area contributed by atoms with E-state index in [4.69, 9.17) is 26.0 Å². The molecule has 9 nitrogen and oxygen atoms in total. The lowest BCUT2D eigenvalue weighted by atomic mass is 9.99. The van der Waals surface area contributed by atoms with Crippen LogP contribution in [0.15, 0.2) is 42.5 Å². The van der Waals surface area contributed by atoms with Crippen molar-refractivity contribution in [3.05, 3.63) is 59.2 Å². The number of nitrogens with two attached hydrogens (primary N) is 1. The molecule has 0 bridgehead atoms. The van der Waals surface area contributed by atoms with Crippen LogP contribution in [0.4, 0.5) is 0 Å². The zero-order valence-corrected chi connectivity index (χ0v) is 22.1. The van der Waals surface area contributed by atoms with E-state index < -0.39 is 12.1 Å². The first kappa shape index (κ1) is 27.3. The quantitative estimate of drug-likeness (QED) is 0.205. The summed E-state index contributed by atoms with van der Waals surface area (Å²) in [5.74, 6) is 0.855. The van der Waals surface area contributed by atoms with Gasteiger partial charge in [-0.25, -0.2) is 4.79 Å². The highest BCUT2D eigenvalue weighted by Crippen LogP contribution is 2.29. The first-order valence-electron chi connectivity index (χ1n) is 13.5. The van der Waals surface area contributed by atoms with Crippen LogP contribution in [-0.4, -0.2) is 58.4 Å². The summed E-state index contributed by atoms with van der Waals surface area (Å²) < 4.78 is 12.1. The van der Waals surface area contributed by atoms with Gasteiger partial charge in [-0.1, -0.05) is 38.0 Å². The Hall–Kier alpha value is -3.75. The van der Waals surface area contributed by atoms with Gasteiger partial charge in [-0.15, -0.1) is 0 Å². The van der Waals surface area contributed by atoms with Crippen molar-refractivity contribution in [2.75, 3.05) is 19.6 Å². The van der Waals surface area contributed by atoms with Crippen LogP contribution in [0.2, 0.25) is 0 Å². The van der Waals surface area contributed by atoms with Gasteiger partial charge in [0.1, 0.15) is 17.6 Å². The number of ether oxygens (including phenoxy) is 2. The summed E-state index contributed by atoms with van der Waals surface area (Å²) in [6.45, 7) is 5.02. The predicted octanol–water partition coefficient (Wildman–Crippen LogP) is 4.54. The summed E-state index contributed by atoms with van der Waals surface area (Å²) in [6.07, 6.45) is 5.67. The summed E-state index contributed by atoms with van der Waals surface area (Å²) in [4.78, 5) is 16.0. The number of hydrogen-bond donors (Lipinski definition) is 4. The fourth-order valence-corrected chi connectivity index (χ4v) is 5.07. The lowest BCUT2D eigenvalue weighted by Crippen LogP contribution is -2.41. The van der Waals surface area contributed by atoms with Crippen molar-refractivity contribution in [3.8, 4) is 11.5 Å². The van der Waals surface area contributed by atoms with E-state index in [-0.39, 0.29) is 12.1 Å². The van der Waals surface area contributed by atoms with Crippen molar-refractivity contribution in [3.63, 3.8) is 0 Å². The minimum absolute atomic E-state index is 0.0279. The van der Waals surface area contributed by atoms with Crippen molar-refractivity contribution in [2.24, 2.45) is 5.73 Å². The number of likely N-dealkylation sites (tertiary alicyclic amines) is 1. The maximum Gasteiger partial charge on any atom is 0.349 e. The lowest BCUT2D eigenvalue weighted by molar-refractivity contribution is -0.145. The molecule has 2 heterocycles. The zero-order valence-electron chi connectivity index (χ0n) is 22.1. The lowest BCUT2D eigenvalue weighted by Gasteiger charge is -2.34. The van der Waals surface area contributed by atoms with Gasteiger partial charge in [-0.3, -0.25) is 10.8 Å². The van der Waals surface area contributed by atoms with Crippen molar-refractivity contribution in [1.29, 1.82) is 10.8 Å². The number of carboxylic acid groups (broad SMARTS) is 1. The second kappa shape index (κ2) is 12.7. The molecule has 5 N–H and O–H groups in total. The highest BCUT2D eigenvalue weighted by molar-refractivity contribution is 5.79. The number of unbranched alkanes of at least 4 members (excludes halogenated alkanes) is 2. The number of aliphatic carboxylic acids is 1. The second-order valence-electron chi connectivity index (χ2n) is 10.1. The van der Waals surface area contributed by atoms with Gasteiger partial charge in [0.2, 0.25) is 6.10 Å². The van der Waals surface area contributed by atoms with Crippen LogP contribution in [-0.2, 0) is 17.8 Å². The number of carboxylic acids is 1. The van der Waals surface area contributed by atoms with Crippen LogP contribution in [0.5, 0.6) is 11.5 Å². The molecule has 2 aliphatic heterocycles. The first-order chi connectivity index (χ1) is 18.3. The Bertz CT molecular complexity index is 1130. The monoisotopic (exact) mass is 521 g/mol. The van der Waals surface area contributed by atoms with Gasteiger partial charge in [0.15, 0.2) is 5.96 Å². The second-order valence-corrected chi connectivity index (χ2v) is 10.1. The third-order valence-corrected chi connectivity index (χ3v) is 7.34. The number of nitrogens with one attached hydrogen (secondary N) is 2. The maximum atomic E-state index is 12.1. The van der Waals surface area contributed by atoms with E-state index >= 15 is 0 Å². The van der Waals surface area contributed by atoms with E-state index in [0.717, 1.165) is 68.6 Å². The number of fused-ring (bicyclic) bond motifs is 1. The summed E-state index contributed by atoms with van der Waals surface area (Å²) in [7, 11) is 0. The van der Waals surface area contributed by atoms with Gasteiger partial charge in [-0.2, -0.15) is 0 Å². The zero-order chi connectivity index (χ0) is 27.1. The average molecular weight is 522 g/mol. The molecule has 2 aromatic rings. The molecule has 1 atom stereocenters. The van der Waals surface area contributed by atoms with Gasteiger partial charge in [0.25, 0.3) is 0 Å². The third kappa shape index (κ3) is 6.96. The van der Waals surface area contributed by atoms with Crippen molar-refractivity contribution in [2.45, 2.75) is 70.6 Å². The van der Waals surface area contributed by atoms with Crippen molar-refractivity contribution < 1.29 is 19.4 Å². The number of hydrogen-bond acceptors (Lipinski definition) is 5. The van der Waals surface area contributed by atoms with Gasteiger partial charge in [0, 0.05) is 51.0 Å². The third-order valence-electron chi connectivity index (χ3n) is 7.34. The van der Waals surface area contributed by atoms with Gasteiger partial charge >= 0.3 is 5.97 Å². The number of amidine groups is 1. The molecular formula is C29H39N5O4. The number of nitrogens with zero attached hydrogens (tertiary/aromatic N) is 2. The van der Waals surface area contributed by atoms with E-state index in [0.29, 0.717) is 30.2 Å². The van der Waals surface area contributed by atoms with Crippen molar-refractivity contribution in [1.82, 2.24) is 9.80 Å². The number of piperidine rings is 1. The van der Waals surface area contributed by atoms with E-state index in [9.17, 15) is 9.90 Å². The standard InChI is InChI=1S/C29H39N5O4/c1-2-3-4-5-26(30)33-16-13-24(14-17-33)37-23-9-7-21(8-10-23)27(28(35)36)38-25-11-6-20-12-15-34(29(31)32)19-22(20)18-25/h6-11,18,24,27,30H,2-5,12-17,19H2,1H3,(H3,31,32)(H,35,36). The van der Waals surface area contributed by atoms with Crippen molar-refractivity contribution >= 4 is 17.8 Å². The molecule has 0 spiro atoms. The highest BCUT2D eigenvalue weighted by Gasteiger charge is 2.25. The van der Waals surface area contributed by atoms with Gasteiger partial charge < -0.3 is 30.1 Å². The molecule has 2 aromatic carbocycles. The Kier molecular flexibility index (Phi) is 9.10. The normalized spacial score (nSPS) is 16.4. The molecule has 0 amide bonds. The Morgan fingerprint density at radius 1 is 1.03 bits per heavy atom. The molecule has 0 aliphatic carbocycles. The molecule has 2 aliphatic rings. The predicted molar refractivity (Wildman–Crippen MR) is 147 cm³/mol. The summed E-state index contributed by atoms with van der Waals surface area (Å²) in [5, 5.41) is 25.9. The largest absolute Gasteiger partial charge is 0.490 e. The molecule has 1 saturated heterocycles. The van der Waals surface area contributed by atoms with Crippen LogP contribution in [0.25, 0.3) is 0 Å². The van der Waals surface area contributed by atoms with Gasteiger partial charge in [0.05, 0.1) is 5.84 Å². The van der Waals surface area contributed by atoms with E-state index in [1.54, 1.807) is 35.2 Å². The fraction of sp³-hybridized carbons (Fsp3) is 0.483. The molecule has 204 valence electrons. The number of carbonyl (C=O) groups is 1. The molecule has 0 aromatic heterocycles. The molecule has 4 rings (SSSR count). The molecule has 38 heavy (non-hydrogen) atoms. The molecule has 1 unspecified atom stereocenters. The van der Waals surface area contributed by atoms with Crippen LogP contribution in [0.1, 0.15) is 68.2 Å². The average Bonchev–Trinajstić information content (AvgIpc) is 2.92. The Morgan fingerprint density at radius 3 is 2.39 bits per heavy atom. The minimum Gasteiger partial charge on any atom is -0.490 e. The van der Waals surface area contributed by atoms with Crippen LogP contribution in [0.3, 0.4) is 0 Å². The minimum atomic E-state index is -1.16. The highest BCUT2D eigenvalue weighted by atomic mass is 16.5. The Labute approximate surface area is 224 Å². The molecule has 1 fully saturated rings. The number of benzene rings is 2. The van der Waals surface area contributed by atoms with Gasteiger partial charge in [-0.05, 0) is 48.2 Å². The molecule has 0 radical (unpaired) electrons. The maximum absolute atomic E-state index is 12.1. The van der Waals surface area contributed by atoms with Crippen LogP contribution < -0.4 is 15.2 Å². The van der Waals surface area contributed by atoms with E-state index in [1.807, 2.05) is 12.1 Å². The SMILES string of the molecule is CCCCCC(=N)N1CCC(Oc2ccc(C(Oc3ccc4c(c3)CN(C(=N)N)CC4)C(=O)O)cc2)CC1. The Morgan fingerprint density at radius 2 is 1.74 bits per heavy atom. The first-order valence-corrected chi connectivity index (χ1v) is 13.5. The molecule has 9 heteroatoms. The molecular weight excluding hydrogens is 482 g/mol. The summed E-state index contributed by atoms with van der Waals surface area (Å²) in [5.41, 5.74) is 8.32. The Balaban J connectivity index is 1.33. The molecule has 0 saturated carbocycles.